The summed E-state index contributed by atoms with van der Waals surface area (Å²) in [6, 6.07) is 6.16. The number of unbranched alkanes of at least 4 members (excludes halogenated alkanes) is 1. The smallest absolute Gasteiger partial charge is 0.125 e. The molecule has 0 aliphatic rings. The van der Waals surface area contributed by atoms with Crippen LogP contribution in [0.15, 0.2) is 23.1 Å². The van der Waals surface area contributed by atoms with Crippen LogP contribution in [0.3, 0.4) is 0 Å². The van der Waals surface area contributed by atoms with Crippen molar-refractivity contribution in [3.05, 3.63) is 24.0 Å². The Morgan fingerprint density at radius 1 is 1.42 bits per heavy atom. The van der Waals surface area contributed by atoms with Crippen LogP contribution in [0, 0.1) is 22.6 Å². The molecule has 0 spiro atoms. The maximum absolute atomic E-state index is 12.9. The molecule has 104 valence electrons. The zero-order chi connectivity index (χ0) is 14.5. The number of halogens is 1. The van der Waals surface area contributed by atoms with Crippen molar-refractivity contribution in [3.8, 4) is 6.07 Å². The molecule has 0 aliphatic heterocycles. The maximum Gasteiger partial charge on any atom is 0.125 e. The first-order valence-electron chi connectivity index (χ1n) is 6.20. The molecule has 1 aromatic carbocycles. The summed E-state index contributed by atoms with van der Waals surface area (Å²) in [7, 11) is -1.21. The summed E-state index contributed by atoms with van der Waals surface area (Å²) >= 11 is 0. The van der Waals surface area contributed by atoms with Gasteiger partial charge in [0.25, 0.3) is 0 Å². The highest BCUT2D eigenvalue weighted by Gasteiger charge is 2.16. The molecule has 0 radical (unpaired) electrons. The lowest BCUT2D eigenvalue weighted by atomic mass is 9.89. The van der Waals surface area contributed by atoms with Gasteiger partial charge in [-0.1, -0.05) is 6.42 Å². The van der Waals surface area contributed by atoms with E-state index in [2.05, 4.69) is 6.07 Å². The average Bonchev–Trinajstić information content (AvgIpc) is 2.34. The van der Waals surface area contributed by atoms with E-state index >= 15 is 0 Å². The van der Waals surface area contributed by atoms with Gasteiger partial charge in [0.1, 0.15) is 5.82 Å². The first-order chi connectivity index (χ1) is 8.85. The summed E-state index contributed by atoms with van der Waals surface area (Å²) in [6.45, 7) is 3.78. The fourth-order valence-corrected chi connectivity index (χ4v) is 2.92. The predicted molar refractivity (Wildman–Crippen MR) is 75.3 cm³/mol. The topological polar surface area (TPSA) is 66.9 Å². The lowest BCUT2D eigenvalue weighted by Crippen LogP contribution is -2.08. The van der Waals surface area contributed by atoms with E-state index in [4.69, 9.17) is 11.0 Å². The number of nitrogens with zero attached hydrogens (tertiary/aromatic N) is 1. The first kappa shape index (κ1) is 15.6. The molecule has 0 aromatic heterocycles. The normalized spacial score (nSPS) is 12.9. The van der Waals surface area contributed by atoms with Gasteiger partial charge in [0.15, 0.2) is 0 Å². The Hall–Kier alpha value is -1.41. The van der Waals surface area contributed by atoms with E-state index in [9.17, 15) is 8.60 Å². The van der Waals surface area contributed by atoms with Crippen molar-refractivity contribution in [1.82, 2.24) is 0 Å². The Bertz CT molecular complexity index is 509. The molecule has 0 heterocycles. The largest absolute Gasteiger partial charge is 0.398 e. The number of benzene rings is 1. The maximum atomic E-state index is 12.9. The predicted octanol–water partition coefficient (Wildman–Crippen LogP) is 3.24. The van der Waals surface area contributed by atoms with Crippen LogP contribution in [0.4, 0.5) is 10.1 Å². The summed E-state index contributed by atoms with van der Waals surface area (Å²) in [6.07, 6.45) is 2.38. The number of anilines is 1. The fraction of sp³-hybridized carbons (Fsp3) is 0.500. The van der Waals surface area contributed by atoms with Crippen LogP contribution in [0.5, 0.6) is 0 Å². The first-order valence-corrected chi connectivity index (χ1v) is 7.52. The van der Waals surface area contributed by atoms with E-state index in [1.807, 2.05) is 13.8 Å². The van der Waals surface area contributed by atoms with Crippen molar-refractivity contribution in [2.24, 2.45) is 5.41 Å². The molecule has 0 saturated heterocycles. The average molecular weight is 282 g/mol. The van der Waals surface area contributed by atoms with E-state index < -0.39 is 16.6 Å². The van der Waals surface area contributed by atoms with Crippen molar-refractivity contribution >= 4 is 16.5 Å². The minimum atomic E-state index is -1.21. The second-order valence-corrected chi connectivity index (χ2v) is 6.72. The molecule has 1 aromatic rings. The lowest BCUT2D eigenvalue weighted by molar-refractivity contribution is 0.432. The minimum absolute atomic E-state index is 0.232. The highest BCUT2D eigenvalue weighted by atomic mass is 32.2. The molecule has 0 amide bonds. The van der Waals surface area contributed by atoms with Gasteiger partial charge in [-0.05, 0) is 44.9 Å². The molecule has 2 N–H and O–H groups in total. The molecule has 19 heavy (non-hydrogen) atoms. The number of hydrogen-bond donors (Lipinski definition) is 1. The van der Waals surface area contributed by atoms with Gasteiger partial charge in [0.2, 0.25) is 0 Å². The van der Waals surface area contributed by atoms with Crippen molar-refractivity contribution < 1.29 is 8.60 Å². The summed E-state index contributed by atoms with van der Waals surface area (Å²) in [5.41, 5.74) is 5.54. The van der Waals surface area contributed by atoms with E-state index in [0.29, 0.717) is 10.6 Å². The van der Waals surface area contributed by atoms with Crippen LogP contribution in [0.25, 0.3) is 0 Å². The van der Waals surface area contributed by atoms with Gasteiger partial charge in [0.05, 0.1) is 32.9 Å². The molecule has 1 rings (SSSR count). The molecule has 1 atom stereocenters. The van der Waals surface area contributed by atoms with Gasteiger partial charge < -0.3 is 5.73 Å². The summed E-state index contributed by atoms with van der Waals surface area (Å²) < 4.78 is 24.9. The Morgan fingerprint density at radius 3 is 2.68 bits per heavy atom. The van der Waals surface area contributed by atoms with Crippen molar-refractivity contribution in [1.29, 1.82) is 5.26 Å². The lowest BCUT2D eigenvalue weighted by Gasteiger charge is -2.14. The van der Waals surface area contributed by atoms with Crippen molar-refractivity contribution in [2.75, 3.05) is 11.5 Å². The molecule has 0 saturated carbocycles. The highest BCUT2D eigenvalue weighted by Crippen LogP contribution is 2.23. The van der Waals surface area contributed by atoms with E-state index in [1.165, 1.54) is 18.2 Å². The fourth-order valence-electron chi connectivity index (χ4n) is 1.69. The monoisotopic (exact) mass is 282 g/mol. The molecular weight excluding hydrogens is 263 g/mol. The SMILES string of the molecule is CC(C)(C#N)CCCCS(=O)c1ccc(F)cc1N. The van der Waals surface area contributed by atoms with Gasteiger partial charge in [-0.3, -0.25) is 4.21 Å². The van der Waals surface area contributed by atoms with Crippen LogP contribution in [0.2, 0.25) is 0 Å². The number of nitriles is 1. The third kappa shape index (κ3) is 4.99. The Labute approximate surface area is 116 Å². The third-order valence-electron chi connectivity index (χ3n) is 2.90. The van der Waals surface area contributed by atoms with E-state index in [-0.39, 0.29) is 11.1 Å². The van der Waals surface area contributed by atoms with Crippen LogP contribution in [0.1, 0.15) is 33.1 Å². The molecule has 0 fully saturated rings. The number of hydrogen-bond acceptors (Lipinski definition) is 3. The summed E-state index contributed by atoms with van der Waals surface area (Å²) in [5.74, 6) is 0.0613. The summed E-state index contributed by atoms with van der Waals surface area (Å²) in [5, 5.41) is 8.88. The van der Waals surface area contributed by atoms with Gasteiger partial charge in [-0.15, -0.1) is 0 Å². The third-order valence-corrected chi connectivity index (χ3v) is 4.42. The van der Waals surface area contributed by atoms with Gasteiger partial charge in [0, 0.05) is 5.75 Å². The second-order valence-electron chi connectivity index (χ2n) is 5.18. The van der Waals surface area contributed by atoms with Crippen molar-refractivity contribution in [3.63, 3.8) is 0 Å². The molecule has 0 bridgehead atoms. The van der Waals surface area contributed by atoms with Crippen LogP contribution in [-0.2, 0) is 10.8 Å². The zero-order valence-corrected chi connectivity index (χ0v) is 12.1. The van der Waals surface area contributed by atoms with Gasteiger partial charge in [-0.25, -0.2) is 4.39 Å². The standard InChI is InChI=1S/C14H19FN2OS/c1-14(2,10-16)7-3-4-8-19(18)13-6-5-11(15)9-12(13)17/h5-6,9H,3-4,7-8,17H2,1-2H3. The van der Waals surface area contributed by atoms with E-state index in [1.54, 1.807) is 0 Å². The van der Waals surface area contributed by atoms with Crippen LogP contribution in [-0.4, -0.2) is 9.96 Å². The number of nitrogens with two attached hydrogens (primary N) is 1. The van der Waals surface area contributed by atoms with Crippen molar-refractivity contribution in [2.45, 2.75) is 38.0 Å². The molecule has 1 unspecified atom stereocenters. The Balaban J connectivity index is 2.46. The van der Waals surface area contributed by atoms with Crippen LogP contribution < -0.4 is 5.73 Å². The Kier molecular flexibility index (Phi) is 5.49. The quantitative estimate of drug-likeness (QED) is 0.643. The second kappa shape index (κ2) is 6.67. The Morgan fingerprint density at radius 2 is 2.11 bits per heavy atom. The van der Waals surface area contributed by atoms with Crippen LogP contribution >= 0.6 is 0 Å². The number of rotatable bonds is 6. The molecular formula is C14H19FN2OS. The van der Waals surface area contributed by atoms with Gasteiger partial charge in [-0.2, -0.15) is 5.26 Å². The molecule has 0 aliphatic carbocycles. The molecule has 5 heteroatoms. The molecule has 3 nitrogen and oxygen atoms in total. The van der Waals surface area contributed by atoms with E-state index in [0.717, 1.165) is 19.3 Å². The summed E-state index contributed by atoms with van der Waals surface area (Å²) in [4.78, 5) is 0.487. The highest BCUT2D eigenvalue weighted by molar-refractivity contribution is 7.85. The minimum Gasteiger partial charge on any atom is -0.398 e. The van der Waals surface area contributed by atoms with Gasteiger partial charge >= 0.3 is 0 Å². The zero-order valence-electron chi connectivity index (χ0n) is 11.3. The number of nitrogen functional groups attached to an aromatic ring is 1.